The van der Waals surface area contributed by atoms with E-state index >= 15 is 0 Å². The van der Waals surface area contributed by atoms with Gasteiger partial charge in [0.25, 0.3) is 0 Å². The van der Waals surface area contributed by atoms with Gasteiger partial charge in [-0.3, -0.25) is 0 Å². The Morgan fingerprint density at radius 3 is 2.42 bits per heavy atom. The zero-order chi connectivity index (χ0) is 17.0. The van der Waals surface area contributed by atoms with Gasteiger partial charge in [-0.1, -0.05) is 64.0 Å². The van der Waals surface area contributed by atoms with Gasteiger partial charge < -0.3 is 10.1 Å². The zero-order valence-electron chi connectivity index (χ0n) is 15.9. The second kappa shape index (κ2) is 11.5. The van der Waals surface area contributed by atoms with Crippen molar-refractivity contribution in [3.05, 3.63) is 29.8 Å². The predicted octanol–water partition coefficient (Wildman–Crippen LogP) is 6.27. The fraction of sp³-hybridized carbons (Fsp3) is 0.727. The first kappa shape index (κ1) is 19.3. The molecule has 0 aromatic heterocycles. The Hall–Kier alpha value is -1.02. The molecule has 1 unspecified atom stereocenters. The third kappa shape index (κ3) is 7.25. The molecule has 0 heterocycles. The van der Waals surface area contributed by atoms with Gasteiger partial charge in [0.15, 0.2) is 0 Å². The van der Waals surface area contributed by atoms with Crippen LogP contribution in [0.15, 0.2) is 24.3 Å². The largest absolute Gasteiger partial charge is 0.494 e. The van der Waals surface area contributed by atoms with Crippen molar-refractivity contribution in [3.8, 4) is 5.75 Å². The van der Waals surface area contributed by atoms with Crippen LogP contribution in [0.4, 0.5) is 0 Å². The molecule has 0 saturated heterocycles. The lowest BCUT2D eigenvalue weighted by atomic mass is 9.89. The van der Waals surface area contributed by atoms with Gasteiger partial charge in [-0.25, -0.2) is 0 Å². The van der Waals surface area contributed by atoms with Gasteiger partial charge in [-0.15, -0.1) is 0 Å². The minimum atomic E-state index is 0.426. The lowest BCUT2D eigenvalue weighted by Gasteiger charge is -2.24. The maximum atomic E-state index is 5.86. The van der Waals surface area contributed by atoms with Crippen molar-refractivity contribution in [2.24, 2.45) is 5.92 Å². The van der Waals surface area contributed by atoms with Crippen molar-refractivity contribution < 1.29 is 4.74 Å². The summed E-state index contributed by atoms with van der Waals surface area (Å²) >= 11 is 0. The van der Waals surface area contributed by atoms with E-state index < -0.39 is 0 Å². The highest BCUT2D eigenvalue weighted by atomic mass is 16.5. The minimum absolute atomic E-state index is 0.426. The molecule has 136 valence electrons. The number of unbranched alkanes of at least 4 members (excludes halogenated alkanes) is 4. The summed E-state index contributed by atoms with van der Waals surface area (Å²) < 4.78 is 5.86. The number of nitrogens with one attached hydrogen (secondary N) is 1. The molecular formula is C22H37NO. The molecule has 0 radical (unpaired) electrons. The van der Waals surface area contributed by atoms with E-state index in [1.165, 1.54) is 69.8 Å². The number of rotatable bonds is 11. The average molecular weight is 332 g/mol. The first-order valence-electron chi connectivity index (χ1n) is 10.3. The maximum absolute atomic E-state index is 5.86. The number of hydrogen-bond acceptors (Lipinski definition) is 2. The third-order valence-electron chi connectivity index (χ3n) is 5.33. The van der Waals surface area contributed by atoms with E-state index in [1.807, 2.05) is 0 Å². The minimum Gasteiger partial charge on any atom is -0.494 e. The number of ether oxygens (including phenoxy) is 1. The fourth-order valence-electron chi connectivity index (χ4n) is 3.60. The first-order valence-corrected chi connectivity index (χ1v) is 10.3. The van der Waals surface area contributed by atoms with Gasteiger partial charge in [0, 0.05) is 6.04 Å². The summed E-state index contributed by atoms with van der Waals surface area (Å²) in [5.41, 5.74) is 1.36. The molecule has 1 atom stereocenters. The van der Waals surface area contributed by atoms with E-state index in [1.54, 1.807) is 0 Å². The van der Waals surface area contributed by atoms with Crippen molar-refractivity contribution in [2.45, 2.75) is 84.1 Å². The lowest BCUT2D eigenvalue weighted by molar-refractivity contribution is 0.304. The van der Waals surface area contributed by atoms with Crippen molar-refractivity contribution in [2.75, 3.05) is 13.2 Å². The second-order valence-corrected chi connectivity index (χ2v) is 7.47. The molecular weight excluding hydrogens is 294 g/mol. The smallest absolute Gasteiger partial charge is 0.119 e. The fourth-order valence-corrected chi connectivity index (χ4v) is 3.60. The Bertz CT molecular complexity index is 422. The van der Waals surface area contributed by atoms with Crippen LogP contribution in [0.25, 0.3) is 0 Å². The molecule has 1 aromatic rings. The van der Waals surface area contributed by atoms with Gasteiger partial charge in [0.05, 0.1) is 6.61 Å². The Kier molecular flexibility index (Phi) is 9.27. The van der Waals surface area contributed by atoms with E-state index in [2.05, 4.69) is 43.4 Å². The molecule has 1 aromatic carbocycles. The van der Waals surface area contributed by atoms with E-state index in [-0.39, 0.29) is 0 Å². The molecule has 0 bridgehead atoms. The Labute approximate surface area is 149 Å². The molecule has 2 nitrogen and oxygen atoms in total. The van der Waals surface area contributed by atoms with Crippen LogP contribution in [0.3, 0.4) is 0 Å². The van der Waals surface area contributed by atoms with E-state index in [0.29, 0.717) is 6.04 Å². The van der Waals surface area contributed by atoms with Crippen LogP contribution in [-0.4, -0.2) is 13.2 Å². The van der Waals surface area contributed by atoms with E-state index in [0.717, 1.165) is 24.8 Å². The van der Waals surface area contributed by atoms with Gasteiger partial charge in [-0.05, 0) is 56.3 Å². The van der Waals surface area contributed by atoms with Crippen LogP contribution in [0.5, 0.6) is 5.75 Å². The summed E-state index contributed by atoms with van der Waals surface area (Å²) in [6, 6.07) is 9.10. The molecule has 0 spiro atoms. The van der Waals surface area contributed by atoms with Crippen LogP contribution >= 0.6 is 0 Å². The standard InChI is InChI=1S/C22H37NO/c1-3-4-5-6-10-17-24-22-15-13-21(14-16-22)19(2)23-18-20-11-8-7-9-12-20/h13-16,19-20,23H,3-12,17-18H2,1-2H3. The topological polar surface area (TPSA) is 21.3 Å². The monoisotopic (exact) mass is 331 g/mol. The molecule has 2 rings (SSSR count). The Morgan fingerprint density at radius 2 is 1.71 bits per heavy atom. The predicted molar refractivity (Wildman–Crippen MR) is 104 cm³/mol. The highest BCUT2D eigenvalue weighted by Crippen LogP contribution is 2.24. The van der Waals surface area contributed by atoms with Crippen LogP contribution in [-0.2, 0) is 0 Å². The summed E-state index contributed by atoms with van der Waals surface area (Å²) in [4.78, 5) is 0. The lowest BCUT2D eigenvalue weighted by Crippen LogP contribution is -2.27. The molecule has 0 aliphatic heterocycles. The Morgan fingerprint density at radius 1 is 1.00 bits per heavy atom. The Balaban J connectivity index is 1.64. The van der Waals surface area contributed by atoms with Crippen LogP contribution in [0, 0.1) is 5.92 Å². The molecule has 1 N–H and O–H groups in total. The highest BCUT2D eigenvalue weighted by molar-refractivity contribution is 5.28. The quantitative estimate of drug-likeness (QED) is 0.483. The van der Waals surface area contributed by atoms with Gasteiger partial charge >= 0.3 is 0 Å². The zero-order valence-corrected chi connectivity index (χ0v) is 15.9. The summed E-state index contributed by atoms with van der Waals surface area (Å²) in [6.07, 6.45) is 13.5. The molecule has 1 saturated carbocycles. The molecule has 1 aliphatic rings. The van der Waals surface area contributed by atoms with Crippen molar-refractivity contribution >= 4 is 0 Å². The average Bonchev–Trinajstić information content (AvgIpc) is 2.64. The normalized spacial score (nSPS) is 16.9. The van der Waals surface area contributed by atoms with E-state index in [4.69, 9.17) is 4.74 Å². The number of benzene rings is 1. The van der Waals surface area contributed by atoms with Crippen molar-refractivity contribution in [1.82, 2.24) is 5.32 Å². The summed E-state index contributed by atoms with van der Waals surface area (Å²) in [5.74, 6) is 1.89. The SMILES string of the molecule is CCCCCCCOc1ccc(C(C)NCC2CCCCC2)cc1. The molecule has 1 aliphatic carbocycles. The van der Waals surface area contributed by atoms with Gasteiger partial charge in [0.1, 0.15) is 5.75 Å². The number of hydrogen-bond donors (Lipinski definition) is 1. The van der Waals surface area contributed by atoms with Crippen molar-refractivity contribution in [1.29, 1.82) is 0 Å². The van der Waals surface area contributed by atoms with Crippen molar-refractivity contribution in [3.63, 3.8) is 0 Å². The van der Waals surface area contributed by atoms with Crippen LogP contribution in [0.2, 0.25) is 0 Å². The molecule has 1 fully saturated rings. The summed E-state index contributed by atoms with van der Waals surface area (Å²) in [5, 5.41) is 3.72. The molecule has 2 heteroatoms. The molecule has 0 amide bonds. The van der Waals surface area contributed by atoms with Crippen LogP contribution in [0.1, 0.15) is 89.7 Å². The first-order chi connectivity index (χ1) is 11.8. The maximum Gasteiger partial charge on any atom is 0.119 e. The summed E-state index contributed by atoms with van der Waals surface area (Å²) in [6.45, 7) is 6.53. The van der Waals surface area contributed by atoms with E-state index in [9.17, 15) is 0 Å². The van der Waals surface area contributed by atoms with Crippen LogP contribution < -0.4 is 10.1 Å². The summed E-state index contributed by atoms with van der Waals surface area (Å²) in [7, 11) is 0. The van der Waals surface area contributed by atoms with Gasteiger partial charge in [0.2, 0.25) is 0 Å². The third-order valence-corrected chi connectivity index (χ3v) is 5.33. The van der Waals surface area contributed by atoms with Gasteiger partial charge in [-0.2, -0.15) is 0 Å². The molecule has 24 heavy (non-hydrogen) atoms. The second-order valence-electron chi connectivity index (χ2n) is 7.47. The highest BCUT2D eigenvalue weighted by Gasteiger charge is 2.14.